The van der Waals surface area contributed by atoms with Crippen molar-refractivity contribution in [2.75, 3.05) is 7.11 Å². The molecule has 3 aromatic carbocycles. The van der Waals surface area contributed by atoms with E-state index in [0.29, 0.717) is 28.2 Å². The molecule has 4 nitrogen and oxygen atoms in total. The summed E-state index contributed by atoms with van der Waals surface area (Å²) in [4.78, 5) is 4.78. The zero-order chi connectivity index (χ0) is 17.2. The van der Waals surface area contributed by atoms with E-state index in [9.17, 15) is 5.21 Å². The second-order valence-corrected chi connectivity index (χ2v) is 5.69. The molecule has 1 heterocycles. The summed E-state index contributed by atoms with van der Waals surface area (Å²) in [5.74, 6) is 0.630. The molecule has 0 N–H and O–H groups in total. The predicted octanol–water partition coefficient (Wildman–Crippen LogP) is 4.21. The summed E-state index contributed by atoms with van der Waals surface area (Å²) >= 11 is 0. The number of aromatic nitrogens is 2. The Kier molecular flexibility index (Phi) is 3.78. The Morgan fingerprint density at radius 1 is 0.840 bits per heavy atom. The van der Waals surface area contributed by atoms with Crippen LogP contribution in [0.1, 0.15) is 0 Å². The highest BCUT2D eigenvalue weighted by Gasteiger charge is 2.22. The van der Waals surface area contributed by atoms with Crippen molar-refractivity contribution in [3.63, 3.8) is 0 Å². The lowest BCUT2D eigenvalue weighted by Gasteiger charge is -2.13. The van der Waals surface area contributed by atoms with E-state index in [1.165, 1.54) is 0 Å². The van der Waals surface area contributed by atoms with E-state index in [2.05, 4.69) is 0 Å². The van der Waals surface area contributed by atoms with Gasteiger partial charge in [0, 0.05) is 11.1 Å². The van der Waals surface area contributed by atoms with Gasteiger partial charge in [-0.3, -0.25) is 0 Å². The van der Waals surface area contributed by atoms with E-state index in [0.717, 1.165) is 15.9 Å². The maximum atomic E-state index is 13.2. The van der Waals surface area contributed by atoms with Gasteiger partial charge in [0.2, 0.25) is 5.52 Å². The zero-order valence-electron chi connectivity index (χ0n) is 13.7. The monoisotopic (exact) mass is 328 g/mol. The Morgan fingerprint density at radius 2 is 1.48 bits per heavy atom. The van der Waals surface area contributed by atoms with Crippen LogP contribution in [0, 0.1) is 5.21 Å². The zero-order valence-corrected chi connectivity index (χ0v) is 13.7. The normalized spacial score (nSPS) is 10.8. The number of fused-ring (bicyclic) bond motifs is 1. The molecule has 25 heavy (non-hydrogen) atoms. The predicted molar refractivity (Wildman–Crippen MR) is 98.1 cm³/mol. The maximum Gasteiger partial charge on any atom is 0.250 e. The third-order valence-electron chi connectivity index (χ3n) is 4.16. The fraction of sp³-hybridized carbons (Fsp3) is 0.0476. The van der Waals surface area contributed by atoms with Crippen molar-refractivity contribution in [1.82, 2.24) is 4.98 Å². The van der Waals surface area contributed by atoms with Crippen LogP contribution >= 0.6 is 0 Å². The van der Waals surface area contributed by atoms with Crippen molar-refractivity contribution < 1.29 is 9.47 Å². The molecule has 0 aliphatic rings. The van der Waals surface area contributed by atoms with Gasteiger partial charge < -0.3 is 9.94 Å². The number of hydrogen-bond acceptors (Lipinski definition) is 3. The average Bonchev–Trinajstić information content (AvgIpc) is 2.69. The first-order valence-corrected chi connectivity index (χ1v) is 8.00. The van der Waals surface area contributed by atoms with Crippen LogP contribution in [0.25, 0.3) is 33.5 Å². The van der Waals surface area contributed by atoms with Crippen LogP contribution in [0.4, 0.5) is 0 Å². The molecule has 0 aliphatic heterocycles. The van der Waals surface area contributed by atoms with E-state index >= 15 is 0 Å². The Bertz CT molecular complexity index is 1030. The summed E-state index contributed by atoms with van der Waals surface area (Å²) in [5.41, 5.74) is 4.05. The van der Waals surface area contributed by atoms with Gasteiger partial charge in [-0.15, -0.1) is 0 Å². The lowest BCUT2D eigenvalue weighted by Crippen LogP contribution is -2.31. The van der Waals surface area contributed by atoms with Crippen LogP contribution in [0.5, 0.6) is 5.75 Å². The number of ether oxygens (including phenoxy) is 1. The molecule has 0 radical (unpaired) electrons. The first-order valence-electron chi connectivity index (χ1n) is 8.00. The highest BCUT2D eigenvalue weighted by molar-refractivity contribution is 5.83. The Hall–Kier alpha value is -3.40. The molecule has 0 unspecified atom stereocenters. The lowest BCUT2D eigenvalue weighted by molar-refractivity contribution is -0.564. The quantitative estimate of drug-likeness (QED) is 0.418. The Balaban J connectivity index is 2.09. The fourth-order valence-electron chi connectivity index (χ4n) is 2.92. The number of benzene rings is 3. The fourth-order valence-corrected chi connectivity index (χ4v) is 2.92. The van der Waals surface area contributed by atoms with E-state index in [1.54, 1.807) is 13.2 Å². The van der Waals surface area contributed by atoms with Crippen molar-refractivity contribution in [2.24, 2.45) is 0 Å². The van der Waals surface area contributed by atoms with Gasteiger partial charge in [0.05, 0.1) is 13.2 Å². The Labute approximate surface area is 145 Å². The average molecular weight is 328 g/mol. The number of methoxy groups -OCH3 is 1. The molecule has 0 fully saturated rings. The minimum atomic E-state index is 0.484. The molecule has 4 aromatic rings. The minimum absolute atomic E-state index is 0.484. The van der Waals surface area contributed by atoms with Gasteiger partial charge in [-0.05, 0) is 24.3 Å². The summed E-state index contributed by atoms with van der Waals surface area (Å²) in [6.07, 6.45) is 0. The van der Waals surface area contributed by atoms with Crippen molar-refractivity contribution in [2.45, 2.75) is 0 Å². The smallest absolute Gasteiger partial charge is 0.250 e. The van der Waals surface area contributed by atoms with Crippen LogP contribution in [-0.4, -0.2) is 12.1 Å². The molecule has 4 rings (SSSR count). The van der Waals surface area contributed by atoms with Gasteiger partial charge in [-0.2, -0.15) is 4.73 Å². The van der Waals surface area contributed by atoms with Gasteiger partial charge in [0.1, 0.15) is 17.0 Å². The molecular formula is C21H16N2O2. The van der Waals surface area contributed by atoms with Crippen LogP contribution < -0.4 is 9.47 Å². The summed E-state index contributed by atoms with van der Waals surface area (Å²) in [6.45, 7) is 0. The maximum absolute atomic E-state index is 13.2. The molecule has 0 saturated carbocycles. The minimum Gasteiger partial charge on any atom is -0.618 e. The SMILES string of the molecule is COc1ccc2nc(-c3ccccc3)c(-c3ccccc3)[n+]([O-])c2c1. The summed E-state index contributed by atoms with van der Waals surface area (Å²) in [7, 11) is 1.58. The van der Waals surface area contributed by atoms with Crippen LogP contribution in [0.3, 0.4) is 0 Å². The molecule has 0 spiro atoms. The first-order chi connectivity index (χ1) is 12.3. The van der Waals surface area contributed by atoms with Gasteiger partial charge in [-0.1, -0.05) is 48.5 Å². The number of nitrogens with zero attached hydrogens (tertiary/aromatic N) is 2. The molecule has 122 valence electrons. The molecule has 1 aromatic heterocycles. The third-order valence-corrected chi connectivity index (χ3v) is 4.16. The van der Waals surface area contributed by atoms with Gasteiger partial charge in [-0.25, -0.2) is 4.98 Å². The number of rotatable bonds is 3. The highest BCUT2D eigenvalue weighted by atomic mass is 16.5. The largest absolute Gasteiger partial charge is 0.618 e. The second-order valence-electron chi connectivity index (χ2n) is 5.69. The van der Waals surface area contributed by atoms with Crippen molar-refractivity contribution >= 4 is 11.0 Å². The lowest BCUT2D eigenvalue weighted by atomic mass is 10.0. The highest BCUT2D eigenvalue weighted by Crippen LogP contribution is 2.30. The van der Waals surface area contributed by atoms with E-state index in [1.807, 2.05) is 72.8 Å². The van der Waals surface area contributed by atoms with Gasteiger partial charge in [0.15, 0.2) is 0 Å². The van der Waals surface area contributed by atoms with Gasteiger partial charge in [0.25, 0.3) is 5.69 Å². The van der Waals surface area contributed by atoms with Crippen molar-refractivity contribution in [3.05, 3.63) is 84.1 Å². The van der Waals surface area contributed by atoms with Crippen LogP contribution in [0.2, 0.25) is 0 Å². The topological polar surface area (TPSA) is 49.1 Å². The van der Waals surface area contributed by atoms with Crippen LogP contribution in [-0.2, 0) is 0 Å². The molecule has 0 atom stereocenters. The van der Waals surface area contributed by atoms with Gasteiger partial charge >= 0.3 is 0 Å². The molecule has 0 amide bonds. The second kappa shape index (κ2) is 6.24. The summed E-state index contributed by atoms with van der Waals surface area (Å²) in [6, 6.07) is 24.7. The molecule has 0 bridgehead atoms. The molecule has 0 saturated heterocycles. The first kappa shape index (κ1) is 15.1. The molecular weight excluding hydrogens is 312 g/mol. The van der Waals surface area contributed by atoms with Crippen LogP contribution in [0.15, 0.2) is 78.9 Å². The van der Waals surface area contributed by atoms with E-state index < -0.39 is 0 Å². The summed E-state index contributed by atoms with van der Waals surface area (Å²) < 4.78 is 6.20. The third kappa shape index (κ3) is 2.68. The molecule has 0 aliphatic carbocycles. The van der Waals surface area contributed by atoms with Crippen molar-refractivity contribution in [1.29, 1.82) is 0 Å². The van der Waals surface area contributed by atoms with E-state index in [-0.39, 0.29) is 0 Å². The number of hydrogen-bond donors (Lipinski definition) is 0. The summed E-state index contributed by atoms with van der Waals surface area (Å²) in [5, 5.41) is 13.2. The Morgan fingerprint density at radius 3 is 2.12 bits per heavy atom. The standard InChI is InChI=1S/C21H16N2O2/c1-25-17-12-13-18-19(14-17)23(24)21(16-10-6-3-7-11-16)20(22-18)15-8-4-2-5-9-15/h2-14H,1H3. The van der Waals surface area contributed by atoms with Crippen molar-refractivity contribution in [3.8, 4) is 28.3 Å². The van der Waals surface area contributed by atoms with E-state index in [4.69, 9.17) is 9.72 Å². The molecule has 4 heteroatoms.